The van der Waals surface area contributed by atoms with Crippen molar-refractivity contribution in [3.63, 3.8) is 0 Å². The first-order valence-electron chi connectivity index (χ1n) is 8.63. The highest BCUT2D eigenvalue weighted by Crippen LogP contribution is 2.23. The molecule has 1 aliphatic rings. The van der Waals surface area contributed by atoms with Gasteiger partial charge in [0.2, 0.25) is 11.8 Å². The van der Waals surface area contributed by atoms with Crippen molar-refractivity contribution in [2.75, 3.05) is 18.6 Å². The van der Waals surface area contributed by atoms with Gasteiger partial charge in [-0.25, -0.2) is 4.98 Å². The molecule has 1 aliphatic heterocycles. The minimum absolute atomic E-state index is 0.549. The fourth-order valence-corrected chi connectivity index (χ4v) is 3.16. The Balaban J connectivity index is 1.50. The van der Waals surface area contributed by atoms with Crippen molar-refractivity contribution in [3.8, 4) is 5.88 Å². The molecule has 7 heteroatoms. The molecular weight excluding hydrogens is 330 g/mol. The Labute approximate surface area is 151 Å². The van der Waals surface area contributed by atoms with Gasteiger partial charge in [0, 0.05) is 25.2 Å². The van der Waals surface area contributed by atoms with Crippen LogP contribution in [0.1, 0.15) is 23.1 Å². The number of benzene rings is 1. The van der Waals surface area contributed by atoms with Crippen molar-refractivity contribution in [1.82, 2.24) is 19.7 Å². The van der Waals surface area contributed by atoms with Gasteiger partial charge in [-0.15, -0.1) is 0 Å². The van der Waals surface area contributed by atoms with Crippen LogP contribution in [0.5, 0.6) is 5.88 Å². The molecule has 3 aromatic rings. The van der Waals surface area contributed by atoms with Crippen LogP contribution in [0.3, 0.4) is 0 Å². The second-order valence-corrected chi connectivity index (χ2v) is 6.31. The molecule has 7 nitrogen and oxygen atoms in total. The third-order valence-corrected chi connectivity index (χ3v) is 4.54. The third-order valence-electron chi connectivity index (χ3n) is 4.54. The van der Waals surface area contributed by atoms with Gasteiger partial charge < -0.3 is 14.7 Å². The lowest BCUT2D eigenvalue weighted by atomic mass is 10.1. The summed E-state index contributed by atoms with van der Waals surface area (Å²) in [5.74, 6) is 1.19. The molecule has 0 bridgehead atoms. The van der Waals surface area contributed by atoms with Crippen molar-refractivity contribution in [2.45, 2.75) is 25.6 Å². The first kappa shape index (κ1) is 16.5. The number of anilines is 1. The van der Waals surface area contributed by atoms with Gasteiger partial charge in [-0.05, 0) is 11.6 Å². The summed E-state index contributed by atoms with van der Waals surface area (Å²) in [6, 6.07) is 13.7. The van der Waals surface area contributed by atoms with Gasteiger partial charge in [-0.3, -0.25) is 4.68 Å². The maximum atomic E-state index is 10.5. The van der Waals surface area contributed by atoms with E-state index in [9.17, 15) is 5.11 Å². The summed E-state index contributed by atoms with van der Waals surface area (Å²) in [4.78, 5) is 10.8. The van der Waals surface area contributed by atoms with E-state index in [1.165, 1.54) is 0 Å². The van der Waals surface area contributed by atoms with Crippen LogP contribution in [-0.2, 0) is 19.5 Å². The molecule has 0 radical (unpaired) electrons. The molecule has 1 aromatic carbocycles. The topological polar surface area (TPSA) is 76.3 Å². The van der Waals surface area contributed by atoms with Gasteiger partial charge in [0.15, 0.2) is 0 Å². The van der Waals surface area contributed by atoms with Gasteiger partial charge in [-0.1, -0.05) is 30.3 Å². The predicted molar refractivity (Wildman–Crippen MR) is 97.0 cm³/mol. The maximum absolute atomic E-state index is 10.5. The Hall–Kier alpha value is -2.93. The Morgan fingerprint density at radius 3 is 2.85 bits per heavy atom. The van der Waals surface area contributed by atoms with E-state index in [4.69, 9.17) is 4.74 Å². The van der Waals surface area contributed by atoms with Crippen molar-refractivity contribution in [2.24, 2.45) is 0 Å². The molecule has 0 fully saturated rings. The summed E-state index contributed by atoms with van der Waals surface area (Å²) < 4.78 is 7.14. The normalized spacial score (nSPS) is 14.8. The fraction of sp³-hybridized carbons (Fsp3) is 0.316. The molecule has 1 N–H and O–H groups in total. The van der Waals surface area contributed by atoms with Gasteiger partial charge in [-0.2, -0.15) is 10.1 Å². The third kappa shape index (κ3) is 3.39. The van der Waals surface area contributed by atoms with Crippen molar-refractivity contribution in [1.29, 1.82) is 0 Å². The van der Waals surface area contributed by atoms with E-state index in [1.807, 2.05) is 41.1 Å². The maximum Gasteiger partial charge on any atom is 0.229 e. The van der Waals surface area contributed by atoms with Gasteiger partial charge in [0.05, 0.1) is 31.6 Å². The lowest BCUT2D eigenvalue weighted by Gasteiger charge is -2.27. The standard InChI is InChI=1S/C19H21N5O2/c1-26-18-7-8-20-19(21-18)23-9-10-24-15(13-23)12-16(22-24)17(25)11-14-5-3-2-4-6-14/h2-8,12,17,25H,9-11,13H2,1H3. The monoisotopic (exact) mass is 351 g/mol. The average Bonchev–Trinajstić information content (AvgIpc) is 3.12. The van der Waals surface area contributed by atoms with Crippen LogP contribution in [-0.4, -0.2) is 38.5 Å². The number of aliphatic hydroxyl groups excluding tert-OH is 1. The zero-order chi connectivity index (χ0) is 17.9. The number of aromatic nitrogens is 4. The van der Waals surface area contributed by atoms with Crippen LogP contribution in [0.25, 0.3) is 0 Å². The lowest BCUT2D eigenvalue weighted by molar-refractivity contribution is 0.172. The number of aliphatic hydroxyl groups is 1. The quantitative estimate of drug-likeness (QED) is 0.757. The highest BCUT2D eigenvalue weighted by Gasteiger charge is 2.23. The molecule has 2 aromatic heterocycles. The molecular formula is C19H21N5O2. The van der Waals surface area contributed by atoms with E-state index >= 15 is 0 Å². The zero-order valence-corrected chi connectivity index (χ0v) is 14.6. The van der Waals surface area contributed by atoms with Crippen LogP contribution in [0.15, 0.2) is 48.7 Å². The smallest absolute Gasteiger partial charge is 0.229 e. The number of hydrogen-bond acceptors (Lipinski definition) is 6. The lowest BCUT2D eigenvalue weighted by Crippen LogP contribution is -2.34. The predicted octanol–water partition coefficient (Wildman–Crippen LogP) is 1.98. The number of ether oxygens (including phenoxy) is 1. The molecule has 0 spiro atoms. The zero-order valence-electron chi connectivity index (χ0n) is 14.6. The molecule has 0 amide bonds. The molecule has 3 heterocycles. The number of rotatable bonds is 5. The summed E-state index contributed by atoms with van der Waals surface area (Å²) in [6.45, 7) is 2.14. The number of methoxy groups -OCH3 is 1. The Bertz CT molecular complexity index is 881. The van der Waals surface area contributed by atoms with Crippen LogP contribution in [0, 0.1) is 0 Å². The summed E-state index contributed by atoms with van der Waals surface area (Å²) in [6.07, 6.45) is 1.64. The second kappa shape index (κ2) is 7.13. The SMILES string of the molecule is COc1ccnc(N2CCn3nc(C(O)Cc4ccccc4)cc3C2)n1. The van der Waals surface area contributed by atoms with Crippen molar-refractivity contribution >= 4 is 5.95 Å². The first-order chi connectivity index (χ1) is 12.7. The average molecular weight is 351 g/mol. The van der Waals surface area contributed by atoms with Gasteiger partial charge in [0.25, 0.3) is 0 Å². The van der Waals surface area contributed by atoms with E-state index in [0.29, 0.717) is 30.5 Å². The Morgan fingerprint density at radius 2 is 2.04 bits per heavy atom. The van der Waals surface area contributed by atoms with E-state index in [2.05, 4.69) is 20.0 Å². The molecule has 26 heavy (non-hydrogen) atoms. The summed E-state index contributed by atoms with van der Waals surface area (Å²) in [7, 11) is 1.60. The largest absolute Gasteiger partial charge is 0.481 e. The van der Waals surface area contributed by atoms with E-state index in [-0.39, 0.29) is 0 Å². The fourth-order valence-electron chi connectivity index (χ4n) is 3.16. The Kier molecular flexibility index (Phi) is 4.53. The molecule has 134 valence electrons. The molecule has 1 unspecified atom stereocenters. The molecule has 0 saturated heterocycles. The second-order valence-electron chi connectivity index (χ2n) is 6.31. The molecule has 1 atom stereocenters. The molecule has 0 saturated carbocycles. The summed E-state index contributed by atoms with van der Waals surface area (Å²) in [5.41, 5.74) is 2.85. The van der Waals surface area contributed by atoms with Crippen LogP contribution in [0.4, 0.5) is 5.95 Å². The first-order valence-corrected chi connectivity index (χ1v) is 8.63. The van der Waals surface area contributed by atoms with Crippen molar-refractivity contribution < 1.29 is 9.84 Å². The van der Waals surface area contributed by atoms with Crippen molar-refractivity contribution in [3.05, 3.63) is 65.6 Å². The van der Waals surface area contributed by atoms with Gasteiger partial charge in [0.1, 0.15) is 6.10 Å². The minimum Gasteiger partial charge on any atom is -0.481 e. The van der Waals surface area contributed by atoms with Gasteiger partial charge >= 0.3 is 0 Å². The van der Waals surface area contributed by atoms with Crippen LogP contribution < -0.4 is 9.64 Å². The summed E-state index contributed by atoms with van der Waals surface area (Å²) >= 11 is 0. The Morgan fingerprint density at radius 1 is 1.19 bits per heavy atom. The van der Waals surface area contributed by atoms with E-state index < -0.39 is 6.10 Å². The molecule has 0 aliphatic carbocycles. The highest BCUT2D eigenvalue weighted by molar-refractivity contribution is 5.34. The highest BCUT2D eigenvalue weighted by atomic mass is 16.5. The molecule has 4 rings (SSSR count). The van der Waals surface area contributed by atoms with E-state index in [1.54, 1.807) is 19.4 Å². The number of fused-ring (bicyclic) bond motifs is 1. The number of hydrogen-bond donors (Lipinski definition) is 1. The summed E-state index contributed by atoms with van der Waals surface area (Å²) in [5, 5.41) is 15.1. The van der Waals surface area contributed by atoms with Crippen LogP contribution >= 0.6 is 0 Å². The van der Waals surface area contributed by atoms with Crippen LogP contribution in [0.2, 0.25) is 0 Å². The minimum atomic E-state index is -0.614. The number of nitrogens with zero attached hydrogens (tertiary/aromatic N) is 5. The van der Waals surface area contributed by atoms with E-state index in [0.717, 1.165) is 24.3 Å².